The molecular formula is C12H16O3S. The molecule has 3 nitrogen and oxygen atoms in total. The van der Waals surface area contributed by atoms with Crippen molar-refractivity contribution in [2.24, 2.45) is 0 Å². The Bertz CT molecular complexity index is 444. The van der Waals surface area contributed by atoms with E-state index in [1.165, 1.54) is 5.56 Å². The van der Waals surface area contributed by atoms with E-state index in [1.54, 1.807) is 0 Å². The highest BCUT2D eigenvalue weighted by Crippen LogP contribution is 2.05. The molecule has 88 valence electrons. The lowest BCUT2D eigenvalue weighted by atomic mass is 10.1. The lowest BCUT2D eigenvalue weighted by Gasteiger charge is -1.97. The average Bonchev–Trinajstić information content (AvgIpc) is 2.19. The van der Waals surface area contributed by atoms with Gasteiger partial charge in [0.25, 0.3) is 10.1 Å². The summed E-state index contributed by atoms with van der Waals surface area (Å²) >= 11 is 0. The van der Waals surface area contributed by atoms with Gasteiger partial charge in [-0.15, -0.1) is 0 Å². The molecule has 0 atom stereocenters. The molecule has 0 aliphatic rings. The van der Waals surface area contributed by atoms with E-state index in [-0.39, 0.29) is 6.61 Å². The van der Waals surface area contributed by atoms with Crippen LogP contribution in [0.1, 0.15) is 17.5 Å². The minimum Gasteiger partial charge on any atom is -0.270 e. The molecule has 0 amide bonds. The molecule has 0 unspecified atom stereocenters. The summed E-state index contributed by atoms with van der Waals surface area (Å²) in [5.74, 6) is 0. The van der Waals surface area contributed by atoms with E-state index in [9.17, 15) is 8.42 Å². The Labute approximate surface area is 96.9 Å². The molecule has 4 heteroatoms. The zero-order valence-corrected chi connectivity index (χ0v) is 10.3. The van der Waals surface area contributed by atoms with Gasteiger partial charge in [-0.1, -0.05) is 42.0 Å². The van der Waals surface area contributed by atoms with E-state index in [2.05, 4.69) is 4.18 Å². The summed E-state index contributed by atoms with van der Waals surface area (Å²) in [7, 11) is -3.31. The normalized spacial score (nSPS) is 12.1. The van der Waals surface area contributed by atoms with Crippen LogP contribution in [0.4, 0.5) is 0 Å². The molecule has 1 aromatic rings. The van der Waals surface area contributed by atoms with Gasteiger partial charge in [0.05, 0.1) is 12.9 Å². The standard InChI is InChI=1S/C12H16O3S/c1-11-6-8-12(9-7-11)5-3-4-10-15-16(2,13)14/h3,5-9H,4,10H2,1-2H3/b5-3+. The van der Waals surface area contributed by atoms with Gasteiger partial charge < -0.3 is 0 Å². The Morgan fingerprint density at radius 2 is 1.88 bits per heavy atom. The number of aryl methyl sites for hydroxylation is 1. The van der Waals surface area contributed by atoms with Gasteiger partial charge in [-0.25, -0.2) is 0 Å². The molecule has 0 saturated carbocycles. The summed E-state index contributed by atoms with van der Waals surface area (Å²) in [4.78, 5) is 0. The summed E-state index contributed by atoms with van der Waals surface area (Å²) in [6.07, 6.45) is 5.48. The predicted octanol–water partition coefficient (Wildman–Crippen LogP) is 2.37. The number of hydrogen-bond donors (Lipinski definition) is 0. The fourth-order valence-electron chi connectivity index (χ4n) is 1.16. The van der Waals surface area contributed by atoms with Crippen molar-refractivity contribution in [2.75, 3.05) is 12.9 Å². The molecule has 1 rings (SSSR count). The van der Waals surface area contributed by atoms with Crippen molar-refractivity contribution in [3.63, 3.8) is 0 Å². The molecule has 0 aliphatic heterocycles. The molecular weight excluding hydrogens is 224 g/mol. The second kappa shape index (κ2) is 5.82. The first-order valence-electron chi connectivity index (χ1n) is 5.05. The first-order chi connectivity index (χ1) is 7.47. The maximum atomic E-state index is 10.7. The van der Waals surface area contributed by atoms with Crippen LogP contribution in [0.15, 0.2) is 30.3 Å². The molecule has 1 aromatic carbocycles. The second-order valence-electron chi connectivity index (χ2n) is 3.63. The molecule has 0 radical (unpaired) electrons. The molecule has 0 spiro atoms. The van der Waals surface area contributed by atoms with E-state index in [1.807, 2.05) is 43.3 Å². The Balaban J connectivity index is 2.35. The Morgan fingerprint density at radius 3 is 2.44 bits per heavy atom. The average molecular weight is 240 g/mol. The van der Waals surface area contributed by atoms with E-state index in [0.717, 1.165) is 11.8 Å². The van der Waals surface area contributed by atoms with Crippen LogP contribution in [0.5, 0.6) is 0 Å². The molecule has 0 fully saturated rings. The van der Waals surface area contributed by atoms with Crippen LogP contribution in [0, 0.1) is 6.92 Å². The van der Waals surface area contributed by atoms with E-state index >= 15 is 0 Å². The topological polar surface area (TPSA) is 43.4 Å². The van der Waals surface area contributed by atoms with Crippen LogP contribution in [0.2, 0.25) is 0 Å². The third-order valence-corrected chi connectivity index (χ3v) is 2.56. The second-order valence-corrected chi connectivity index (χ2v) is 5.27. The summed E-state index contributed by atoms with van der Waals surface area (Å²) < 4.78 is 25.9. The molecule has 0 aromatic heterocycles. The quantitative estimate of drug-likeness (QED) is 0.586. The van der Waals surface area contributed by atoms with Crippen LogP contribution in [-0.2, 0) is 14.3 Å². The maximum absolute atomic E-state index is 10.7. The number of rotatable bonds is 5. The van der Waals surface area contributed by atoms with E-state index < -0.39 is 10.1 Å². The minimum atomic E-state index is -3.31. The molecule has 0 bridgehead atoms. The Morgan fingerprint density at radius 1 is 1.25 bits per heavy atom. The summed E-state index contributed by atoms with van der Waals surface area (Å²) in [6.45, 7) is 2.23. The zero-order chi connectivity index (χ0) is 12.0. The molecule has 0 saturated heterocycles. The van der Waals surface area contributed by atoms with Crippen LogP contribution in [0.25, 0.3) is 6.08 Å². The van der Waals surface area contributed by atoms with Crippen molar-refractivity contribution in [2.45, 2.75) is 13.3 Å². The van der Waals surface area contributed by atoms with E-state index in [0.29, 0.717) is 6.42 Å². The minimum absolute atomic E-state index is 0.196. The van der Waals surface area contributed by atoms with Crippen LogP contribution < -0.4 is 0 Å². The van der Waals surface area contributed by atoms with Crippen LogP contribution in [-0.4, -0.2) is 21.3 Å². The first-order valence-corrected chi connectivity index (χ1v) is 6.87. The summed E-state index contributed by atoms with van der Waals surface area (Å²) in [5.41, 5.74) is 2.32. The fraction of sp³-hybridized carbons (Fsp3) is 0.333. The van der Waals surface area contributed by atoms with Gasteiger partial charge in [-0.05, 0) is 18.9 Å². The van der Waals surface area contributed by atoms with Gasteiger partial charge in [0.2, 0.25) is 0 Å². The van der Waals surface area contributed by atoms with Crippen molar-refractivity contribution < 1.29 is 12.6 Å². The van der Waals surface area contributed by atoms with Crippen molar-refractivity contribution in [3.05, 3.63) is 41.5 Å². The van der Waals surface area contributed by atoms with Gasteiger partial charge in [0, 0.05) is 0 Å². The zero-order valence-electron chi connectivity index (χ0n) is 9.51. The molecule has 0 N–H and O–H groups in total. The number of hydrogen-bond acceptors (Lipinski definition) is 3. The monoisotopic (exact) mass is 240 g/mol. The fourth-order valence-corrected chi connectivity index (χ4v) is 1.56. The third-order valence-electron chi connectivity index (χ3n) is 1.97. The van der Waals surface area contributed by atoms with Crippen molar-refractivity contribution in [3.8, 4) is 0 Å². The summed E-state index contributed by atoms with van der Waals surface area (Å²) in [6, 6.07) is 8.10. The lowest BCUT2D eigenvalue weighted by molar-refractivity contribution is 0.329. The highest BCUT2D eigenvalue weighted by Gasteiger charge is 1.98. The van der Waals surface area contributed by atoms with Crippen LogP contribution >= 0.6 is 0 Å². The molecule has 0 heterocycles. The van der Waals surface area contributed by atoms with Crippen molar-refractivity contribution in [1.82, 2.24) is 0 Å². The third kappa shape index (κ3) is 5.68. The Hall–Kier alpha value is -1.13. The van der Waals surface area contributed by atoms with Gasteiger partial charge in [0.1, 0.15) is 0 Å². The maximum Gasteiger partial charge on any atom is 0.264 e. The largest absolute Gasteiger partial charge is 0.270 e. The Kier molecular flexibility index (Phi) is 4.71. The van der Waals surface area contributed by atoms with Crippen molar-refractivity contribution >= 4 is 16.2 Å². The van der Waals surface area contributed by atoms with Crippen molar-refractivity contribution in [1.29, 1.82) is 0 Å². The van der Waals surface area contributed by atoms with Gasteiger partial charge in [0.15, 0.2) is 0 Å². The molecule has 16 heavy (non-hydrogen) atoms. The lowest BCUT2D eigenvalue weighted by Crippen LogP contribution is -2.02. The first kappa shape index (κ1) is 12.9. The highest BCUT2D eigenvalue weighted by molar-refractivity contribution is 7.85. The van der Waals surface area contributed by atoms with Crippen LogP contribution in [0.3, 0.4) is 0 Å². The highest BCUT2D eigenvalue weighted by atomic mass is 32.2. The number of benzene rings is 1. The predicted molar refractivity (Wildman–Crippen MR) is 65.6 cm³/mol. The smallest absolute Gasteiger partial charge is 0.264 e. The van der Waals surface area contributed by atoms with E-state index in [4.69, 9.17) is 0 Å². The SMILES string of the molecule is Cc1ccc(/C=C/CCOS(C)(=O)=O)cc1. The van der Waals surface area contributed by atoms with Gasteiger partial charge in [-0.2, -0.15) is 8.42 Å². The molecule has 0 aliphatic carbocycles. The van der Waals surface area contributed by atoms with Gasteiger partial charge in [-0.3, -0.25) is 4.18 Å². The summed E-state index contributed by atoms with van der Waals surface area (Å²) in [5, 5.41) is 0. The van der Waals surface area contributed by atoms with Gasteiger partial charge >= 0.3 is 0 Å².